The van der Waals surface area contributed by atoms with E-state index in [4.69, 9.17) is 9.52 Å². The molecule has 1 aromatic carbocycles. The van der Waals surface area contributed by atoms with Crippen LogP contribution in [0.1, 0.15) is 35.6 Å². The van der Waals surface area contributed by atoms with Gasteiger partial charge in [0.15, 0.2) is 5.89 Å². The predicted octanol–water partition coefficient (Wildman–Crippen LogP) is 3.38. The van der Waals surface area contributed by atoms with Crippen LogP contribution in [0.25, 0.3) is 0 Å². The van der Waals surface area contributed by atoms with Gasteiger partial charge in [0.2, 0.25) is 0 Å². The smallest absolute Gasteiger partial charge is 0.416 e. The van der Waals surface area contributed by atoms with E-state index in [-0.39, 0.29) is 30.4 Å². The van der Waals surface area contributed by atoms with Crippen molar-refractivity contribution >= 4 is 0 Å². The molecular weight excluding hydrogens is 271 g/mol. The SMILES string of the molecule is CC(CO)c1cnc(Cc2ccccc2C(F)(F)F)o1. The summed E-state index contributed by atoms with van der Waals surface area (Å²) >= 11 is 0. The van der Waals surface area contributed by atoms with E-state index < -0.39 is 11.7 Å². The summed E-state index contributed by atoms with van der Waals surface area (Å²) in [7, 11) is 0. The van der Waals surface area contributed by atoms with E-state index in [0.29, 0.717) is 5.76 Å². The maximum atomic E-state index is 12.9. The Labute approximate surface area is 114 Å². The van der Waals surface area contributed by atoms with Crippen LogP contribution >= 0.6 is 0 Å². The molecule has 2 aromatic rings. The minimum Gasteiger partial charge on any atom is -0.445 e. The fraction of sp³-hybridized carbons (Fsp3) is 0.357. The van der Waals surface area contributed by atoms with Crippen LogP contribution in [0.2, 0.25) is 0 Å². The van der Waals surface area contributed by atoms with Gasteiger partial charge in [-0.25, -0.2) is 4.98 Å². The highest BCUT2D eigenvalue weighted by Crippen LogP contribution is 2.32. The molecule has 1 atom stereocenters. The standard InChI is InChI=1S/C14H14F3NO2/c1-9(8-19)12-7-18-13(20-12)6-10-4-2-3-5-11(10)14(15,16)17/h2-5,7,9,19H,6,8H2,1H3. The zero-order valence-electron chi connectivity index (χ0n) is 10.8. The van der Waals surface area contributed by atoms with Gasteiger partial charge in [0.25, 0.3) is 0 Å². The molecule has 0 aliphatic rings. The average molecular weight is 285 g/mol. The Morgan fingerprint density at radius 1 is 1.30 bits per heavy atom. The Morgan fingerprint density at radius 3 is 2.65 bits per heavy atom. The van der Waals surface area contributed by atoms with Crippen LogP contribution in [0.5, 0.6) is 0 Å². The van der Waals surface area contributed by atoms with Gasteiger partial charge in [-0.1, -0.05) is 25.1 Å². The number of aliphatic hydroxyl groups is 1. The molecule has 0 spiro atoms. The van der Waals surface area contributed by atoms with E-state index in [2.05, 4.69) is 4.98 Å². The van der Waals surface area contributed by atoms with E-state index >= 15 is 0 Å². The van der Waals surface area contributed by atoms with Crippen molar-refractivity contribution in [1.82, 2.24) is 4.98 Å². The predicted molar refractivity (Wildman–Crippen MR) is 66.3 cm³/mol. The molecule has 0 aliphatic heterocycles. The summed E-state index contributed by atoms with van der Waals surface area (Å²) in [4.78, 5) is 3.96. The summed E-state index contributed by atoms with van der Waals surface area (Å²) in [5, 5.41) is 9.00. The number of halogens is 3. The van der Waals surface area contributed by atoms with Gasteiger partial charge in [0, 0.05) is 12.3 Å². The Hall–Kier alpha value is -1.82. The average Bonchev–Trinajstić information content (AvgIpc) is 2.86. The fourth-order valence-electron chi connectivity index (χ4n) is 1.84. The summed E-state index contributed by atoms with van der Waals surface area (Å²) in [5.74, 6) is 0.443. The Morgan fingerprint density at radius 2 is 2.00 bits per heavy atom. The first-order chi connectivity index (χ1) is 9.41. The van der Waals surface area contributed by atoms with E-state index in [1.165, 1.54) is 18.3 Å². The highest BCUT2D eigenvalue weighted by Gasteiger charge is 2.33. The van der Waals surface area contributed by atoms with Crippen LogP contribution in [0.3, 0.4) is 0 Å². The third-order valence-electron chi connectivity index (χ3n) is 3.00. The molecule has 1 unspecified atom stereocenters. The molecule has 0 bridgehead atoms. The summed E-state index contributed by atoms with van der Waals surface area (Å²) in [6.07, 6.45) is -3.00. The lowest BCUT2D eigenvalue weighted by Gasteiger charge is -2.11. The van der Waals surface area contributed by atoms with E-state index in [9.17, 15) is 13.2 Å². The van der Waals surface area contributed by atoms with Crippen LogP contribution in [0.4, 0.5) is 13.2 Å². The second-order valence-electron chi connectivity index (χ2n) is 4.57. The first kappa shape index (κ1) is 14.6. The van der Waals surface area contributed by atoms with E-state index in [0.717, 1.165) is 6.07 Å². The molecule has 6 heteroatoms. The van der Waals surface area contributed by atoms with Crippen molar-refractivity contribution in [3.05, 3.63) is 53.2 Å². The van der Waals surface area contributed by atoms with Gasteiger partial charge >= 0.3 is 6.18 Å². The third-order valence-corrected chi connectivity index (χ3v) is 3.00. The molecule has 1 aromatic heterocycles. The molecule has 1 heterocycles. The molecule has 108 valence electrons. The first-order valence-corrected chi connectivity index (χ1v) is 6.12. The second kappa shape index (κ2) is 5.66. The Kier molecular flexibility index (Phi) is 4.13. The lowest BCUT2D eigenvalue weighted by molar-refractivity contribution is -0.138. The van der Waals surface area contributed by atoms with Crippen LogP contribution in [0, 0.1) is 0 Å². The minimum absolute atomic E-state index is 0.0339. The zero-order valence-corrected chi connectivity index (χ0v) is 10.8. The van der Waals surface area contributed by atoms with Crippen LogP contribution < -0.4 is 0 Å². The maximum absolute atomic E-state index is 12.9. The monoisotopic (exact) mass is 285 g/mol. The number of aromatic nitrogens is 1. The van der Waals surface area contributed by atoms with Gasteiger partial charge in [-0.3, -0.25) is 0 Å². The molecule has 20 heavy (non-hydrogen) atoms. The number of oxazole rings is 1. The van der Waals surface area contributed by atoms with Gasteiger partial charge < -0.3 is 9.52 Å². The summed E-state index contributed by atoms with van der Waals surface area (Å²) < 4.78 is 43.9. The van der Waals surface area contributed by atoms with Gasteiger partial charge in [-0.05, 0) is 11.6 Å². The van der Waals surface area contributed by atoms with Crippen molar-refractivity contribution < 1.29 is 22.7 Å². The Bertz CT molecular complexity index is 578. The highest BCUT2D eigenvalue weighted by atomic mass is 19.4. The van der Waals surface area contributed by atoms with Gasteiger partial charge in [0.05, 0.1) is 18.4 Å². The maximum Gasteiger partial charge on any atom is 0.416 e. The second-order valence-corrected chi connectivity index (χ2v) is 4.57. The van der Waals surface area contributed by atoms with Gasteiger partial charge in [-0.2, -0.15) is 13.2 Å². The molecule has 0 aliphatic carbocycles. The highest BCUT2D eigenvalue weighted by molar-refractivity contribution is 5.31. The van der Waals surface area contributed by atoms with Crippen LogP contribution in [0.15, 0.2) is 34.9 Å². The molecule has 0 amide bonds. The Balaban J connectivity index is 2.25. The van der Waals surface area contributed by atoms with Gasteiger partial charge in [-0.15, -0.1) is 0 Å². The summed E-state index contributed by atoms with van der Waals surface area (Å²) in [5.41, 5.74) is -0.569. The van der Waals surface area contributed by atoms with Gasteiger partial charge in [0.1, 0.15) is 5.76 Å². The van der Waals surface area contributed by atoms with Crippen LogP contribution in [-0.4, -0.2) is 16.7 Å². The molecule has 0 fully saturated rings. The molecular formula is C14H14F3NO2. The summed E-state index contributed by atoms with van der Waals surface area (Å²) in [6.45, 7) is 1.64. The first-order valence-electron chi connectivity index (χ1n) is 6.12. The van der Waals surface area contributed by atoms with E-state index in [1.54, 1.807) is 13.0 Å². The normalized spacial score (nSPS) is 13.4. The number of hydrogen-bond acceptors (Lipinski definition) is 3. The molecule has 0 radical (unpaired) electrons. The molecule has 2 rings (SSSR count). The number of rotatable bonds is 4. The van der Waals surface area contributed by atoms with Crippen molar-refractivity contribution in [2.45, 2.75) is 25.4 Å². The van der Waals surface area contributed by atoms with Crippen LogP contribution in [-0.2, 0) is 12.6 Å². The van der Waals surface area contributed by atoms with Crippen molar-refractivity contribution in [2.75, 3.05) is 6.61 Å². The fourth-order valence-corrected chi connectivity index (χ4v) is 1.84. The summed E-state index contributed by atoms with van der Waals surface area (Å²) in [6, 6.07) is 5.34. The number of aliphatic hydroxyl groups excluding tert-OH is 1. The molecule has 1 N–H and O–H groups in total. The van der Waals surface area contributed by atoms with Crippen molar-refractivity contribution in [1.29, 1.82) is 0 Å². The third kappa shape index (κ3) is 3.19. The molecule has 3 nitrogen and oxygen atoms in total. The lowest BCUT2D eigenvalue weighted by Crippen LogP contribution is -2.09. The van der Waals surface area contributed by atoms with Crippen molar-refractivity contribution in [3.8, 4) is 0 Å². The number of alkyl halides is 3. The zero-order chi connectivity index (χ0) is 14.8. The number of nitrogens with zero attached hydrogens (tertiary/aromatic N) is 1. The number of benzene rings is 1. The molecule has 0 saturated carbocycles. The minimum atomic E-state index is -4.40. The molecule has 0 saturated heterocycles. The quantitative estimate of drug-likeness (QED) is 0.936. The van der Waals surface area contributed by atoms with Crippen molar-refractivity contribution in [3.63, 3.8) is 0 Å². The topological polar surface area (TPSA) is 46.3 Å². The lowest BCUT2D eigenvalue weighted by atomic mass is 10.0. The van der Waals surface area contributed by atoms with E-state index in [1.807, 2.05) is 0 Å². The van der Waals surface area contributed by atoms with Crippen molar-refractivity contribution in [2.24, 2.45) is 0 Å². The largest absolute Gasteiger partial charge is 0.445 e. The number of hydrogen-bond donors (Lipinski definition) is 1.